The first kappa shape index (κ1) is 17.1. The predicted octanol–water partition coefficient (Wildman–Crippen LogP) is 2.75. The highest BCUT2D eigenvalue weighted by atomic mass is 19.1. The highest BCUT2D eigenvalue weighted by Crippen LogP contribution is 2.16. The number of halogens is 1. The Kier molecular flexibility index (Phi) is 5.87. The number of nitrogens with one attached hydrogen (secondary N) is 1. The van der Waals surface area contributed by atoms with Crippen LogP contribution in [0.5, 0.6) is 0 Å². The van der Waals surface area contributed by atoms with E-state index < -0.39 is 6.10 Å². The molecule has 1 atom stereocenters. The molecule has 1 heterocycles. The van der Waals surface area contributed by atoms with Gasteiger partial charge in [0, 0.05) is 25.5 Å². The van der Waals surface area contributed by atoms with Gasteiger partial charge in [0.05, 0.1) is 5.69 Å². The molecular formula is C17H22FN3O2. The van der Waals surface area contributed by atoms with Gasteiger partial charge in [-0.3, -0.25) is 4.79 Å². The van der Waals surface area contributed by atoms with Gasteiger partial charge in [-0.2, -0.15) is 0 Å². The minimum Gasteiger partial charge on any atom is -0.369 e. The molecule has 1 unspecified atom stereocenters. The lowest BCUT2D eigenvalue weighted by Gasteiger charge is -2.15. The van der Waals surface area contributed by atoms with E-state index in [2.05, 4.69) is 10.3 Å². The number of aryl methyl sites for hydroxylation is 1. The molecule has 5 nitrogen and oxygen atoms in total. The molecule has 0 saturated heterocycles. The molecule has 1 aromatic heterocycles. The Hall–Kier alpha value is -2.21. The second kappa shape index (κ2) is 7.87. The molecule has 2 rings (SSSR count). The number of imidazole rings is 1. The maximum absolute atomic E-state index is 14.3. The summed E-state index contributed by atoms with van der Waals surface area (Å²) in [7, 11) is 0. The third-order valence-electron chi connectivity index (χ3n) is 3.60. The lowest BCUT2D eigenvalue weighted by molar-refractivity contribution is -0.132. The minimum atomic E-state index is -0.460. The molecule has 0 aliphatic rings. The lowest BCUT2D eigenvalue weighted by Crippen LogP contribution is -2.35. The van der Waals surface area contributed by atoms with E-state index in [-0.39, 0.29) is 18.3 Å². The summed E-state index contributed by atoms with van der Waals surface area (Å²) >= 11 is 0. The van der Waals surface area contributed by atoms with Gasteiger partial charge in [0.15, 0.2) is 0 Å². The Morgan fingerprint density at radius 3 is 2.78 bits per heavy atom. The summed E-state index contributed by atoms with van der Waals surface area (Å²) in [6, 6.07) is 4.90. The number of benzene rings is 1. The molecule has 0 bridgehead atoms. The summed E-state index contributed by atoms with van der Waals surface area (Å²) in [5, 5.41) is 2.78. The van der Waals surface area contributed by atoms with Crippen molar-refractivity contribution in [2.75, 3.05) is 6.61 Å². The Labute approximate surface area is 135 Å². The van der Waals surface area contributed by atoms with Gasteiger partial charge in [-0.15, -0.1) is 0 Å². The van der Waals surface area contributed by atoms with E-state index in [1.165, 1.54) is 6.07 Å². The van der Waals surface area contributed by atoms with E-state index in [0.29, 0.717) is 30.1 Å². The summed E-state index contributed by atoms with van der Waals surface area (Å²) in [6.07, 6.45) is 3.48. The maximum atomic E-state index is 14.3. The average Bonchev–Trinajstić information content (AvgIpc) is 2.96. The summed E-state index contributed by atoms with van der Waals surface area (Å²) in [6.45, 7) is 6.30. The van der Waals surface area contributed by atoms with Crippen LogP contribution in [0.4, 0.5) is 4.39 Å². The maximum Gasteiger partial charge on any atom is 0.249 e. The fraction of sp³-hybridized carbons (Fsp3) is 0.412. The smallest absolute Gasteiger partial charge is 0.249 e. The first-order valence-corrected chi connectivity index (χ1v) is 7.74. The molecule has 0 aliphatic heterocycles. The second-order valence-corrected chi connectivity index (χ2v) is 5.20. The van der Waals surface area contributed by atoms with Crippen LogP contribution < -0.4 is 5.32 Å². The monoisotopic (exact) mass is 319 g/mol. The molecule has 23 heavy (non-hydrogen) atoms. The Balaban J connectivity index is 2.04. The standard InChI is InChI=1S/C17H22FN3O2/c1-4-16(23-5-2)17(22)20-11-13-6-7-15(14(18)10-13)21-9-8-19-12(21)3/h6-10,16H,4-5,11H2,1-3H3,(H,20,22). The van der Waals surface area contributed by atoms with Crippen molar-refractivity contribution in [3.8, 4) is 5.69 Å². The van der Waals surface area contributed by atoms with Crippen LogP contribution in [0.25, 0.3) is 5.69 Å². The molecule has 1 aromatic carbocycles. The minimum absolute atomic E-state index is 0.177. The van der Waals surface area contributed by atoms with Crippen molar-refractivity contribution < 1.29 is 13.9 Å². The van der Waals surface area contributed by atoms with E-state index in [1.54, 1.807) is 29.1 Å². The summed E-state index contributed by atoms with van der Waals surface area (Å²) in [4.78, 5) is 16.1. The van der Waals surface area contributed by atoms with Crippen molar-refractivity contribution in [2.24, 2.45) is 0 Å². The zero-order valence-electron chi connectivity index (χ0n) is 13.7. The molecule has 0 fully saturated rings. The van der Waals surface area contributed by atoms with Gasteiger partial charge in [-0.1, -0.05) is 13.0 Å². The summed E-state index contributed by atoms with van der Waals surface area (Å²) in [5.41, 5.74) is 1.14. The predicted molar refractivity (Wildman–Crippen MR) is 85.8 cm³/mol. The topological polar surface area (TPSA) is 56.1 Å². The SMILES string of the molecule is CCOC(CC)C(=O)NCc1ccc(-n2ccnc2C)c(F)c1. The van der Waals surface area contributed by atoms with Crippen LogP contribution >= 0.6 is 0 Å². The molecule has 0 saturated carbocycles. The highest BCUT2D eigenvalue weighted by Gasteiger charge is 2.16. The van der Waals surface area contributed by atoms with Gasteiger partial charge in [-0.05, 0) is 38.0 Å². The van der Waals surface area contributed by atoms with Gasteiger partial charge < -0.3 is 14.6 Å². The number of carbonyl (C=O) groups excluding carboxylic acids is 1. The fourth-order valence-electron chi connectivity index (χ4n) is 2.37. The number of carbonyl (C=O) groups is 1. The number of hydrogen-bond donors (Lipinski definition) is 1. The largest absolute Gasteiger partial charge is 0.369 e. The third-order valence-corrected chi connectivity index (χ3v) is 3.60. The van der Waals surface area contributed by atoms with E-state index >= 15 is 0 Å². The molecule has 1 amide bonds. The second-order valence-electron chi connectivity index (χ2n) is 5.20. The van der Waals surface area contributed by atoms with Crippen molar-refractivity contribution in [3.63, 3.8) is 0 Å². The molecule has 6 heteroatoms. The van der Waals surface area contributed by atoms with Crippen LogP contribution in [0.2, 0.25) is 0 Å². The molecule has 0 aliphatic carbocycles. The van der Waals surface area contributed by atoms with Crippen molar-refractivity contribution in [1.29, 1.82) is 0 Å². The number of ether oxygens (including phenoxy) is 1. The van der Waals surface area contributed by atoms with Crippen LogP contribution in [0.15, 0.2) is 30.6 Å². The van der Waals surface area contributed by atoms with Gasteiger partial charge in [0.25, 0.3) is 0 Å². The van der Waals surface area contributed by atoms with E-state index in [9.17, 15) is 9.18 Å². The Bertz CT molecular complexity index is 670. The van der Waals surface area contributed by atoms with Gasteiger partial charge >= 0.3 is 0 Å². The van der Waals surface area contributed by atoms with Crippen LogP contribution in [0.1, 0.15) is 31.7 Å². The molecule has 0 spiro atoms. The first-order chi connectivity index (χ1) is 11.1. The number of aromatic nitrogens is 2. The van der Waals surface area contributed by atoms with Crippen LogP contribution in [0, 0.1) is 12.7 Å². The molecule has 0 radical (unpaired) electrons. The van der Waals surface area contributed by atoms with E-state index in [1.807, 2.05) is 20.8 Å². The van der Waals surface area contributed by atoms with Crippen LogP contribution in [-0.4, -0.2) is 28.2 Å². The Morgan fingerprint density at radius 1 is 1.43 bits per heavy atom. The quantitative estimate of drug-likeness (QED) is 0.854. The molecular weight excluding hydrogens is 297 g/mol. The van der Waals surface area contributed by atoms with E-state index in [4.69, 9.17) is 4.74 Å². The average molecular weight is 319 g/mol. The van der Waals surface area contributed by atoms with Crippen molar-refractivity contribution in [3.05, 3.63) is 47.8 Å². The fourth-order valence-corrected chi connectivity index (χ4v) is 2.37. The third kappa shape index (κ3) is 4.16. The van der Waals surface area contributed by atoms with Gasteiger partial charge in [0.1, 0.15) is 17.7 Å². The lowest BCUT2D eigenvalue weighted by atomic mass is 10.2. The summed E-state index contributed by atoms with van der Waals surface area (Å²) < 4.78 is 21.3. The molecule has 2 aromatic rings. The van der Waals surface area contributed by atoms with Crippen molar-refractivity contribution >= 4 is 5.91 Å². The molecule has 1 N–H and O–H groups in total. The zero-order chi connectivity index (χ0) is 16.8. The molecule has 124 valence electrons. The van der Waals surface area contributed by atoms with E-state index in [0.717, 1.165) is 0 Å². The first-order valence-electron chi connectivity index (χ1n) is 7.74. The van der Waals surface area contributed by atoms with Crippen molar-refractivity contribution in [1.82, 2.24) is 14.9 Å². The number of hydrogen-bond acceptors (Lipinski definition) is 3. The van der Waals surface area contributed by atoms with Crippen LogP contribution in [0.3, 0.4) is 0 Å². The van der Waals surface area contributed by atoms with Crippen LogP contribution in [-0.2, 0) is 16.1 Å². The Morgan fingerprint density at radius 2 is 2.22 bits per heavy atom. The zero-order valence-corrected chi connectivity index (χ0v) is 13.7. The normalized spacial score (nSPS) is 12.2. The van der Waals surface area contributed by atoms with Gasteiger partial charge in [0.2, 0.25) is 5.91 Å². The van der Waals surface area contributed by atoms with Gasteiger partial charge in [-0.25, -0.2) is 9.37 Å². The number of nitrogens with zero attached hydrogens (tertiary/aromatic N) is 2. The number of amides is 1. The number of rotatable bonds is 7. The highest BCUT2D eigenvalue weighted by molar-refractivity contribution is 5.80. The van der Waals surface area contributed by atoms with Crippen molar-refractivity contribution in [2.45, 2.75) is 39.8 Å². The summed E-state index contributed by atoms with van der Waals surface area (Å²) in [5.74, 6) is 0.187.